The molecule has 96 valence electrons. The molecule has 2 unspecified atom stereocenters. The van der Waals surface area contributed by atoms with Gasteiger partial charge in [0.15, 0.2) is 0 Å². The maximum Gasteiger partial charge on any atom is 0.128 e. The maximum atomic E-state index is 13.5. The van der Waals surface area contributed by atoms with Gasteiger partial charge in [0.05, 0.1) is 0 Å². The molecule has 1 N–H and O–H groups in total. The van der Waals surface area contributed by atoms with E-state index in [-0.39, 0.29) is 11.9 Å². The van der Waals surface area contributed by atoms with Crippen LogP contribution in [0.25, 0.3) is 0 Å². The molecule has 0 aromatic heterocycles. The Labute approximate surface area is 102 Å². The number of hydrogen-bond acceptors (Lipinski definition) is 1. The number of halogens is 2. The van der Waals surface area contributed by atoms with Crippen LogP contribution in [0.4, 0.5) is 8.78 Å². The second kappa shape index (κ2) is 6.10. The molecule has 0 aliphatic carbocycles. The Morgan fingerprint density at radius 2 is 1.76 bits per heavy atom. The Balaban J connectivity index is 2.63. The summed E-state index contributed by atoms with van der Waals surface area (Å²) in [5.41, 5.74) is 0.390. The van der Waals surface area contributed by atoms with Crippen LogP contribution in [0.3, 0.4) is 0 Å². The highest BCUT2D eigenvalue weighted by molar-refractivity contribution is 5.21. The lowest BCUT2D eigenvalue weighted by atomic mass is 9.97. The fraction of sp³-hybridized carbons (Fsp3) is 0.571. The second-order valence-electron chi connectivity index (χ2n) is 5.02. The van der Waals surface area contributed by atoms with E-state index in [1.165, 1.54) is 12.1 Å². The van der Waals surface area contributed by atoms with E-state index in [1.807, 2.05) is 6.92 Å². The van der Waals surface area contributed by atoms with Crippen molar-refractivity contribution in [3.05, 3.63) is 35.4 Å². The van der Waals surface area contributed by atoms with E-state index in [9.17, 15) is 8.78 Å². The molecule has 1 aromatic rings. The van der Waals surface area contributed by atoms with E-state index in [2.05, 4.69) is 26.1 Å². The molecule has 17 heavy (non-hydrogen) atoms. The standard InChI is InChI=1S/C14H21F2N/c1-9(2)10(3)8-17-11(4)13-7-12(15)5-6-14(13)16/h5-7,9-11,17H,8H2,1-4H3. The SMILES string of the molecule is CC(NCC(C)C(C)C)c1cc(F)ccc1F. The van der Waals surface area contributed by atoms with Gasteiger partial charge >= 0.3 is 0 Å². The van der Waals surface area contributed by atoms with E-state index in [0.29, 0.717) is 17.4 Å². The molecule has 1 rings (SSSR count). The second-order valence-corrected chi connectivity index (χ2v) is 5.02. The Morgan fingerprint density at radius 1 is 1.12 bits per heavy atom. The summed E-state index contributed by atoms with van der Waals surface area (Å²) >= 11 is 0. The van der Waals surface area contributed by atoms with Crippen molar-refractivity contribution in [2.24, 2.45) is 11.8 Å². The Morgan fingerprint density at radius 3 is 2.35 bits per heavy atom. The minimum atomic E-state index is -0.396. The Kier molecular flexibility index (Phi) is 5.06. The first-order valence-corrected chi connectivity index (χ1v) is 6.10. The predicted molar refractivity (Wildman–Crippen MR) is 66.8 cm³/mol. The molecule has 0 saturated carbocycles. The smallest absolute Gasteiger partial charge is 0.128 e. The third-order valence-electron chi connectivity index (χ3n) is 3.31. The average Bonchev–Trinajstić information content (AvgIpc) is 2.28. The van der Waals surface area contributed by atoms with Gasteiger partial charge in [0, 0.05) is 11.6 Å². The van der Waals surface area contributed by atoms with Crippen molar-refractivity contribution in [3.63, 3.8) is 0 Å². The van der Waals surface area contributed by atoms with E-state index in [4.69, 9.17) is 0 Å². The molecule has 1 nitrogen and oxygen atoms in total. The minimum absolute atomic E-state index is 0.174. The van der Waals surface area contributed by atoms with Crippen LogP contribution >= 0.6 is 0 Å². The fourth-order valence-electron chi connectivity index (χ4n) is 1.55. The zero-order chi connectivity index (χ0) is 13.0. The van der Waals surface area contributed by atoms with Crippen LogP contribution in [0.2, 0.25) is 0 Å². The minimum Gasteiger partial charge on any atom is -0.310 e. The molecule has 0 spiro atoms. The van der Waals surface area contributed by atoms with Gasteiger partial charge in [-0.25, -0.2) is 8.78 Å². The van der Waals surface area contributed by atoms with Gasteiger partial charge in [-0.2, -0.15) is 0 Å². The summed E-state index contributed by atoms with van der Waals surface area (Å²) in [4.78, 5) is 0. The summed E-state index contributed by atoms with van der Waals surface area (Å²) in [7, 11) is 0. The van der Waals surface area contributed by atoms with Crippen LogP contribution in [0.15, 0.2) is 18.2 Å². The first-order valence-electron chi connectivity index (χ1n) is 6.10. The zero-order valence-electron chi connectivity index (χ0n) is 10.9. The van der Waals surface area contributed by atoms with Crippen molar-refractivity contribution in [3.8, 4) is 0 Å². The van der Waals surface area contributed by atoms with Crippen LogP contribution in [0.5, 0.6) is 0 Å². The van der Waals surface area contributed by atoms with E-state index in [1.54, 1.807) is 0 Å². The van der Waals surface area contributed by atoms with Crippen molar-refractivity contribution < 1.29 is 8.78 Å². The number of rotatable bonds is 5. The van der Waals surface area contributed by atoms with Crippen molar-refractivity contribution >= 4 is 0 Å². The third kappa shape index (κ3) is 4.08. The van der Waals surface area contributed by atoms with Gasteiger partial charge in [0.1, 0.15) is 11.6 Å². The normalized spacial score (nSPS) is 15.0. The Hall–Kier alpha value is -0.960. The molecule has 0 heterocycles. The lowest BCUT2D eigenvalue weighted by Crippen LogP contribution is -2.27. The van der Waals surface area contributed by atoms with Crippen LogP contribution in [0, 0.1) is 23.5 Å². The monoisotopic (exact) mass is 241 g/mol. The van der Waals surface area contributed by atoms with Crippen molar-refractivity contribution in [2.75, 3.05) is 6.54 Å². The first kappa shape index (κ1) is 14.1. The molecule has 1 aromatic carbocycles. The summed E-state index contributed by atoms with van der Waals surface area (Å²) in [6.07, 6.45) is 0. The molecule has 0 fully saturated rings. The lowest BCUT2D eigenvalue weighted by Gasteiger charge is -2.20. The van der Waals surface area contributed by atoms with Gasteiger partial charge in [-0.1, -0.05) is 20.8 Å². The maximum absolute atomic E-state index is 13.5. The molecular weight excluding hydrogens is 220 g/mol. The highest BCUT2D eigenvalue weighted by Gasteiger charge is 2.13. The summed E-state index contributed by atoms with van der Waals surface area (Å²) in [5.74, 6) is 0.330. The molecule has 0 amide bonds. The highest BCUT2D eigenvalue weighted by Crippen LogP contribution is 2.19. The van der Waals surface area contributed by atoms with Gasteiger partial charge in [-0.05, 0) is 43.5 Å². The molecule has 2 atom stereocenters. The molecule has 0 bridgehead atoms. The molecule has 3 heteroatoms. The van der Waals surface area contributed by atoms with E-state index >= 15 is 0 Å². The summed E-state index contributed by atoms with van der Waals surface area (Å²) in [5, 5.41) is 3.24. The first-order chi connectivity index (χ1) is 7.91. The van der Waals surface area contributed by atoms with Gasteiger partial charge in [0.25, 0.3) is 0 Å². The van der Waals surface area contributed by atoms with Crippen LogP contribution in [0.1, 0.15) is 39.3 Å². The molecule has 0 saturated heterocycles. The van der Waals surface area contributed by atoms with Crippen LogP contribution in [-0.4, -0.2) is 6.54 Å². The van der Waals surface area contributed by atoms with E-state index < -0.39 is 5.82 Å². The summed E-state index contributed by atoms with van der Waals surface area (Å²) < 4.78 is 26.5. The van der Waals surface area contributed by atoms with Gasteiger partial charge in [-0.15, -0.1) is 0 Å². The molecule has 0 radical (unpaired) electrons. The Bertz CT molecular complexity index is 363. The van der Waals surface area contributed by atoms with Gasteiger partial charge < -0.3 is 5.32 Å². The number of hydrogen-bond donors (Lipinski definition) is 1. The van der Waals surface area contributed by atoms with Crippen molar-refractivity contribution in [2.45, 2.75) is 33.7 Å². The van der Waals surface area contributed by atoms with Crippen molar-refractivity contribution in [1.82, 2.24) is 5.32 Å². The van der Waals surface area contributed by atoms with Crippen LogP contribution < -0.4 is 5.32 Å². The molecule has 0 aliphatic heterocycles. The van der Waals surface area contributed by atoms with Gasteiger partial charge in [-0.3, -0.25) is 0 Å². The largest absolute Gasteiger partial charge is 0.310 e. The van der Waals surface area contributed by atoms with Crippen molar-refractivity contribution in [1.29, 1.82) is 0 Å². The van der Waals surface area contributed by atoms with Crippen LogP contribution in [-0.2, 0) is 0 Å². The average molecular weight is 241 g/mol. The van der Waals surface area contributed by atoms with Gasteiger partial charge in [0.2, 0.25) is 0 Å². The quantitative estimate of drug-likeness (QED) is 0.824. The fourth-order valence-corrected chi connectivity index (χ4v) is 1.55. The highest BCUT2D eigenvalue weighted by atomic mass is 19.1. The lowest BCUT2D eigenvalue weighted by molar-refractivity contribution is 0.372. The molecule has 0 aliphatic rings. The molecular formula is C14H21F2N. The topological polar surface area (TPSA) is 12.0 Å². The summed E-state index contributed by atoms with van der Waals surface area (Å²) in [6, 6.07) is 3.40. The zero-order valence-corrected chi connectivity index (χ0v) is 10.9. The predicted octanol–water partition coefficient (Wildman–Crippen LogP) is 3.91. The third-order valence-corrected chi connectivity index (χ3v) is 3.31. The van der Waals surface area contributed by atoms with E-state index in [0.717, 1.165) is 12.6 Å². The number of benzene rings is 1. The summed E-state index contributed by atoms with van der Waals surface area (Å²) in [6.45, 7) is 9.10. The number of nitrogens with one attached hydrogen (secondary N) is 1.